The van der Waals surface area contributed by atoms with Gasteiger partial charge < -0.3 is 4.74 Å². The SMILES string of the molecule is CCCN1CCC[C@H]1c1ccc(N(CC)C(=O)OC(C)(C)C)nc1. The molecule has 2 heterocycles. The maximum absolute atomic E-state index is 12.3. The van der Waals surface area contributed by atoms with E-state index < -0.39 is 5.60 Å². The van der Waals surface area contributed by atoms with Crippen molar-refractivity contribution in [1.82, 2.24) is 9.88 Å². The van der Waals surface area contributed by atoms with E-state index in [-0.39, 0.29) is 6.09 Å². The number of hydrogen-bond acceptors (Lipinski definition) is 4. The Morgan fingerprint density at radius 3 is 2.67 bits per heavy atom. The van der Waals surface area contributed by atoms with Gasteiger partial charge >= 0.3 is 6.09 Å². The second-order valence-corrected chi connectivity index (χ2v) is 7.37. The molecule has 1 aromatic heterocycles. The molecular weight excluding hydrogens is 302 g/mol. The van der Waals surface area contributed by atoms with Crippen LogP contribution in [0.25, 0.3) is 0 Å². The molecule has 0 N–H and O–H groups in total. The lowest BCUT2D eigenvalue weighted by molar-refractivity contribution is 0.0581. The number of hydrogen-bond donors (Lipinski definition) is 0. The number of anilines is 1. The summed E-state index contributed by atoms with van der Waals surface area (Å²) in [5, 5.41) is 0. The third-order valence-corrected chi connectivity index (χ3v) is 4.24. The molecule has 134 valence electrons. The Hall–Kier alpha value is -1.62. The fourth-order valence-electron chi connectivity index (χ4n) is 3.21. The van der Waals surface area contributed by atoms with Crippen LogP contribution >= 0.6 is 0 Å². The van der Waals surface area contributed by atoms with Crippen molar-refractivity contribution >= 4 is 11.9 Å². The van der Waals surface area contributed by atoms with Gasteiger partial charge in [0, 0.05) is 18.8 Å². The predicted molar refractivity (Wildman–Crippen MR) is 97.3 cm³/mol. The lowest BCUT2D eigenvalue weighted by atomic mass is 10.1. The van der Waals surface area contributed by atoms with E-state index in [9.17, 15) is 4.79 Å². The molecule has 0 unspecified atom stereocenters. The van der Waals surface area contributed by atoms with Gasteiger partial charge in [0.25, 0.3) is 0 Å². The van der Waals surface area contributed by atoms with Gasteiger partial charge in [0.1, 0.15) is 11.4 Å². The largest absolute Gasteiger partial charge is 0.443 e. The minimum absolute atomic E-state index is 0.348. The number of ether oxygens (including phenoxy) is 1. The van der Waals surface area contributed by atoms with Gasteiger partial charge in [0.15, 0.2) is 0 Å². The molecule has 0 radical (unpaired) electrons. The van der Waals surface area contributed by atoms with Gasteiger partial charge in [0.05, 0.1) is 0 Å². The topological polar surface area (TPSA) is 45.7 Å². The summed E-state index contributed by atoms with van der Waals surface area (Å²) in [6.07, 6.45) is 5.17. The lowest BCUT2D eigenvalue weighted by Crippen LogP contribution is -2.37. The number of amides is 1. The molecule has 0 saturated carbocycles. The minimum Gasteiger partial charge on any atom is -0.443 e. The van der Waals surface area contributed by atoms with Crippen LogP contribution in [0.15, 0.2) is 18.3 Å². The van der Waals surface area contributed by atoms with Crippen molar-refractivity contribution in [3.8, 4) is 0 Å². The van der Waals surface area contributed by atoms with Crippen LogP contribution in [0, 0.1) is 0 Å². The monoisotopic (exact) mass is 333 g/mol. The molecule has 1 aromatic rings. The van der Waals surface area contributed by atoms with E-state index in [1.807, 2.05) is 40.0 Å². The number of nitrogens with zero attached hydrogens (tertiary/aromatic N) is 3. The second-order valence-electron chi connectivity index (χ2n) is 7.37. The van der Waals surface area contributed by atoms with Crippen LogP contribution in [0.4, 0.5) is 10.6 Å². The van der Waals surface area contributed by atoms with Gasteiger partial charge in [-0.2, -0.15) is 0 Å². The normalized spacial score (nSPS) is 18.6. The van der Waals surface area contributed by atoms with E-state index >= 15 is 0 Å². The van der Waals surface area contributed by atoms with Gasteiger partial charge in [-0.25, -0.2) is 9.78 Å². The number of aromatic nitrogens is 1. The number of rotatable bonds is 5. The Labute approximate surface area is 146 Å². The molecule has 24 heavy (non-hydrogen) atoms. The quantitative estimate of drug-likeness (QED) is 0.801. The van der Waals surface area contributed by atoms with Crippen molar-refractivity contribution in [2.75, 3.05) is 24.5 Å². The summed E-state index contributed by atoms with van der Waals surface area (Å²) in [4.78, 5) is 21.0. The molecule has 1 amide bonds. The second kappa shape index (κ2) is 7.97. The lowest BCUT2D eigenvalue weighted by Gasteiger charge is -2.27. The third-order valence-electron chi connectivity index (χ3n) is 4.24. The van der Waals surface area contributed by atoms with Crippen LogP contribution in [0.1, 0.15) is 65.5 Å². The summed E-state index contributed by atoms with van der Waals surface area (Å²) in [5.74, 6) is 0.649. The van der Waals surface area contributed by atoms with Crippen LogP contribution in [0.3, 0.4) is 0 Å². The summed E-state index contributed by atoms with van der Waals surface area (Å²) in [6, 6.07) is 4.50. The molecule has 5 heteroatoms. The van der Waals surface area contributed by atoms with E-state index in [4.69, 9.17) is 4.74 Å². The summed E-state index contributed by atoms with van der Waals surface area (Å²) < 4.78 is 5.46. The van der Waals surface area contributed by atoms with Gasteiger partial charge in [-0.15, -0.1) is 0 Å². The molecule has 5 nitrogen and oxygen atoms in total. The molecule has 1 aliphatic rings. The van der Waals surface area contributed by atoms with E-state index in [2.05, 4.69) is 22.9 Å². The first kappa shape index (κ1) is 18.7. The molecule has 0 bridgehead atoms. The average molecular weight is 333 g/mol. The highest BCUT2D eigenvalue weighted by atomic mass is 16.6. The van der Waals surface area contributed by atoms with Crippen molar-refractivity contribution in [3.63, 3.8) is 0 Å². The van der Waals surface area contributed by atoms with Crippen molar-refractivity contribution in [1.29, 1.82) is 0 Å². The highest BCUT2D eigenvalue weighted by molar-refractivity contribution is 5.86. The highest BCUT2D eigenvalue weighted by Gasteiger charge is 2.26. The summed E-state index contributed by atoms with van der Waals surface area (Å²) >= 11 is 0. The average Bonchev–Trinajstić information content (AvgIpc) is 2.95. The highest BCUT2D eigenvalue weighted by Crippen LogP contribution is 2.32. The zero-order valence-corrected chi connectivity index (χ0v) is 15.7. The Morgan fingerprint density at radius 2 is 2.12 bits per heavy atom. The smallest absolute Gasteiger partial charge is 0.415 e. The Balaban J connectivity index is 2.11. The van der Waals surface area contributed by atoms with Crippen molar-refractivity contribution in [3.05, 3.63) is 23.9 Å². The molecule has 1 aliphatic heterocycles. The van der Waals surface area contributed by atoms with Crippen LogP contribution in [-0.2, 0) is 4.74 Å². The Morgan fingerprint density at radius 1 is 1.38 bits per heavy atom. The van der Waals surface area contributed by atoms with Crippen LogP contribution in [0.5, 0.6) is 0 Å². The maximum atomic E-state index is 12.3. The first-order valence-electron chi connectivity index (χ1n) is 9.06. The molecule has 1 atom stereocenters. The minimum atomic E-state index is -0.505. The molecule has 0 spiro atoms. The Kier molecular flexibility index (Phi) is 6.21. The van der Waals surface area contributed by atoms with Crippen molar-refractivity contribution in [2.24, 2.45) is 0 Å². The van der Waals surface area contributed by atoms with E-state index in [0.29, 0.717) is 18.4 Å². The van der Waals surface area contributed by atoms with Gasteiger partial charge in [-0.3, -0.25) is 9.80 Å². The third kappa shape index (κ3) is 4.69. The maximum Gasteiger partial charge on any atom is 0.415 e. The molecular formula is C19H31N3O2. The van der Waals surface area contributed by atoms with Gasteiger partial charge in [-0.05, 0) is 71.7 Å². The van der Waals surface area contributed by atoms with E-state index in [1.54, 1.807) is 4.90 Å². The van der Waals surface area contributed by atoms with Gasteiger partial charge in [0.2, 0.25) is 0 Å². The van der Waals surface area contributed by atoms with Crippen LogP contribution in [0.2, 0.25) is 0 Å². The summed E-state index contributed by atoms with van der Waals surface area (Å²) in [7, 11) is 0. The zero-order valence-electron chi connectivity index (χ0n) is 15.7. The van der Waals surface area contributed by atoms with Crippen molar-refractivity contribution in [2.45, 2.75) is 65.5 Å². The van der Waals surface area contributed by atoms with Crippen molar-refractivity contribution < 1.29 is 9.53 Å². The number of pyridine rings is 1. The Bertz CT molecular complexity index is 537. The van der Waals surface area contributed by atoms with Crippen LogP contribution < -0.4 is 4.90 Å². The molecule has 2 rings (SSSR count). The van der Waals surface area contributed by atoms with Gasteiger partial charge in [-0.1, -0.05) is 13.0 Å². The molecule has 1 saturated heterocycles. The molecule has 0 aliphatic carbocycles. The van der Waals surface area contributed by atoms with Crippen LogP contribution in [-0.4, -0.2) is 41.2 Å². The first-order chi connectivity index (χ1) is 11.4. The molecule has 1 fully saturated rings. The number of likely N-dealkylation sites (tertiary alicyclic amines) is 1. The predicted octanol–water partition coefficient (Wildman–Crippen LogP) is 4.39. The summed E-state index contributed by atoms with van der Waals surface area (Å²) in [5.41, 5.74) is 0.736. The molecule has 0 aromatic carbocycles. The summed E-state index contributed by atoms with van der Waals surface area (Å²) in [6.45, 7) is 12.6. The number of carbonyl (C=O) groups is 1. The fourth-order valence-corrected chi connectivity index (χ4v) is 3.21. The zero-order chi connectivity index (χ0) is 17.7. The van der Waals surface area contributed by atoms with E-state index in [0.717, 1.165) is 6.54 Å². The fraction of sp³-hybridized carbons (Fsp3) is 0.684. The first-order valence-corrected chi connectivity index (χ1v) is 9.06. The standard InChI is InChI=1S/C19H31N3O2/c1-6-12-21-13-8-9-16(21)15-10-11-17(20-14-15)22(7-2)18(23)24-19(3,4)5/h10-11,14,16H,6-9,12-13H2,1-5H3/t16-/m0/s1. The number of carbonyl (C=O) groups excluding carboxylic acids is 1. The van der Waals surface area contributed by atoms with E-state index in [1.165, 1.54) is 31.4 Å².